The molecule has 2 fully saturated rings. The van der Waals surface area contributed by atoms with Crippen molar-refractivity contribution < 1.29 is 13.9 Å². The molecule has 2 aliphatic rings. The first-order chi connectivity index (χ1) is 19.1. The van der Waals surface area contributed by atoms with Crippen molar-refractivity contribution in [3.8, 4) is 11.3 Å². The van der Waals surface area contributed by atoms with Gasteiger partial charge in [0.25, 0.3) is 6.01 Å². The van der Waals surface area contributed by atoms with Crippen LogP contribution in [-0.4, -0.2) is 51.9 Å². The summed E-state index contributed by atoms with van der Waals surface area (Å²) < 4.78 is 12.7. The summed E-state index contributed by atoms with van der Waals surface area (Å²) in [6.45, 7) is 2.15. The molecule has 4 heterocycles. The van der Waals surface area contributed by atoms with E-state index >= 15 is 0 Å². The molecule has 0 radical (unpaired) electrons. The van der Waals surface area contributed by atoms with Gasteiger partial charge in [-0.2, -0.15) is 5.10 Å². The standard InChI is InChI=1S/C29H35N7O3/c1-38-29(37)33-23-9-4-8-22(15-23)26-16-30-28(39-26)34-25-10-3-2-7-21(25)14-20-6-5-13-35(17-20)24-11-12-27-31-19-32-36(27)18-24/h4,8-9,11-12,15-16,18-21,25H,2-3,5-7,10,13-14,17H2,1H3,(H,30,34)(H,33,37)/t20-,21+,25-/m1/s1. The number of aromatic nitrogens is 4. The van der Waals surface area contributed by atoms with Crippen LogP contribution in [-0.2, 0) is 4.74 Å². The molecule has 1 aromatic carbocycles. The van der Waals surface area contributed by atoms with Crippen LogP contribution < -0.4 is 15.5 Å². The molecule has 1 saturated heterocycles. The minimum absolute atomic E-state index is 0.347. The van der Waals surface area contributed by atoms with Crippen LogP contribution in [0.1, 0.15) is 44.9 Å². The Hall–Kier alpha value is -4.08. The van der Waals surface area contributed by atoms with Gasteiger partial charge in [-0.15, -0.1) is 0 Å². The van der Waals surface area contributed by atoms with Gasteiger partial charge in [0, 0.05) is 30.4 Å². The fourth-order valence-electron chi connectivity index (χ4n) is 6.14. The van der Waals surface area contributed by atoms with Crippen LogP contribution in [0.15, 0.2) is 59.5 Å². The normalized spacial score (nSPS) is 21.6. The number of oxazole rings is 1. The maximum Gasteiger partial charge on any atom is 0.411 e. The predicted molar refractivity (Wildman–Crippen MR) is 150 cm³/mol. The molecule has 0 spiro atoms. The molecule has 4 aromatic rings. The third-order valence-corrected chi connectivity index (χ3v) is 8.08. The third kappa shape index (κ3) is 5.84. The lowest BCUT2D eigenvalue weighted by Crippen LogP contribution is -2.39. The molecule has 2 N–H and O–H groups in total. The molecule has 39 heavy (non-hydrogen) atoms. The number of nitrogens with zero attached hydrogens (tertiary/aromatic N) is 5. The van der Waals surface area contributed by atoms with Crippen molar-refractivity contribution in [2.24, 2.45) is 11.8 Å². The van der Waals surface area contributed by atoms with Crippen LogP contribution in [0.2, 0.25) is 0 Å². The first kappa shape index (κ1) is 25.2. The number of hydrogen-bond donors (Lipinski definition) is 2. The van der Waals surface area contributed by atoms with Gasteiger partial charge in [-0.3, -0.25) is 5.32 Å². The largest absolute Gasteiger partial charge is 0.453 e. The van der Waals surface area contributed by atoms with Gasteiger partial charge in [0.1, 0.15) is 6.33 Å². The Kier molecular flexibility index (Phi) is 7.33. The summed E-state index contributed by atoms with van der Waals surface area (Å²) in [5.41, 5.74) is 3.58. The zero-order valence-corrected chi connectivity index (χ0v) is 22.3. The van der Waals surface area contributed by atoms with E-state index in [2.05, 4.69) is 47.6 Å². The van der Waals surface area contributed by atoms with Crippen LogP contribution in [0.25, 0.3) is 17.0 Å². The first-order valence-corrected chi connectivity index (χ1v) is 13.9. The van der Waals surface area contributed by atoms with E-state index in [0.29, 0.717) is 35.3 Å². The van der Waals surface area contributed by atoms with Crippen molar-refractivity contribution in [1.82, 2.24) is 19.6 Å². The Morgan fingerprint density at radius 3 is 2.97 bits per heavy atom. The van der Waals surface area contributed by atoms with E-state index in [-0.39, 0.29) is 0 Å². The lowest BCUT2D eigenvalue weighted by atomic mass is 9.77. The second-order valence-electron chi connectivity index (χ2n) is 10.7. The highest BCUT2D eigenvalue weighted by atomic mass is 16.5. The van der Waals surface area contributed by atoms with E-state index in [4.69, 9.17) is 4.42 Å². The summed E-state index contributed by atoms with van der Waals surface area (Å²) in [5, 5.41) is 10.6. The Morgan fingerprint density at radius 1 is 1.13 bits per heavy atom. The number of piperidine rings is 1. The number of carbonyl (C=O) groups is 1. The summed E-state index contributed by atoms with van der Waals surface area (Å²) in [4.78, 5) is 22.9. The molecular weight excluding hydrogens is 494 g/mol. The molecule has 10 nitrogen and oxygen atoms in total. The van der Waals surface area contributed by atoms with Gasteiger partial charge < -0.3 is 19.4 Å². The molecule has 3 aromatic heterocycles. The number of rotatable bonds is 7. The highest BCUT2D eigenvalue weighted by Crippen LogP contribution is 2.36. The Bertz CT molecular complexity index is 1420. The maximum atomic E-state index is 11.6. The van der Waals surface area contributed by atoms with Gasteiger partial charge >= 0.3 is 6.09 Å². The summed E-state index contributed by atoms with van der Waals surface area (Å²) in [7, 11) is 1.34. The van der Waals surface area contributed by atoms with Crippen molar-refractivity contribution in [3.05, 3.63) is 55.1 Å². The fourth-order valence-corrected chi connectivity index (χ4v) is 6.14. The first-order valence-electron chi connectivity index (χ1n) is 13.9. The number of amides is 1. The maximum absolute atomic E-state index is 11.6. The van der Waals surface area contributed by atoms with Crippen molar-refractivity contribution in [3.63, 3.8) is 0 Å². The van der Waals surface area contributed by atoms with Gasteiger partial charge in [-0.25, -0.2) is 19.3 Å². The van der Waals surface area contributed by atoms with Crippen LogP contribution in [0.3, 0.4) is 0 Å². The van der Waals surface area contributed by atoms with Crippen molar-refractivity contribution in [2.75, 3.05) is 35.7 Å². The summed E-state index contributed by atoms with van der Waals surface area (Å²) in [6, 6.07) is 12.6. The lowest BCUT2D eigenvalue weighted by Gasteiger charge is -2.39. The van der Waals surface area contributed by atoms with Gasteiger partial charge in [-0.05, 0) is 68.2 Å². The number of methoxy groups -OCH3 is 1. The van der Waals surface area contributed by atoms with Crippen LogP contribution >= 0.6 is 0 Å². The smallest absolute Gasteiger partial charge is 0.411 e. The molecule has 1 aliphatic heterocycles. The zero-order chi connectivity index (χ0) is 26.6. The second kappa shape index (κ2) is 11.3. The molecule has 1 saturated carbocycles. The molecule has 6 rings (SSSR count). The second-order valence-corrected chi connectivity index (χ2v) is 10.7. The van der Waals surface area contributed by atoms with Gasteiger partial charge in [0.15, 0.2) is 11.4 Å². The van der Waals surface area contributed by atoms with E-state index in [0.717, 1.165) is 30.7 Å². The Labute approximate surface area is 227 Å². The van der Waals surface area contributed by atoms with E-state index in [9.17, 15) is 4.79 Å². The monoisotopic (exact) mass is 529 g/mol. The molecule has 1 aliphatic carbocycles. The molecule has 3 atom stereocenters. The quantitative estimate of drug-likeness (QED) is 0.307. The van der Waals surface area contributed by atoms with E-state index in [1.165, 1.54) is 51.3 Å². The molecule has 10 heteroatoms. The molecule has 1 amide bonds. The minimum Gasteiger partial charge on any atom is -0.453 e. The molecule has 0 unspecified atom stereocenters. The van der Waals surface area contributed by atoms with Gasteiger partial charge in [0.05, 0.1) is 25.2 Å². The SMILES string of the molecule is COC(=O)Nc1cccc(-c2cnc(N[C@@H]3CCCC[C@H]3C[C@H]3CCCN(c4ccc5ncnn5c4)C3)o2)c1. The highest BCUT2D eigenvalue weighted by Gasteiger charge is 2.31. The van der Waals surface area contributed by atoms with Crippen molar-refractivity contribution in [1.29, 1.82) is 0 Å². The van der Waals surface area contributed by atoms with Gasteiger partial charge in [0.2, 0.25) is 0 Å². The highest BCUT2D eigenvalue weighted by molar-refractivity contribution is 5.85. The zero-order valence-electron chi connectivity index (χ0n) is 22.3. The van der Waals surface area contributed by atoms with Crippen LogP contribution in [0.5, 0.6) is 0 Å². The number of ether oxygens (including phenoxy) is 1. The van der Waals surface area contributed by atoms with E-state index in [1.807, 2.05) is 34.8 Å². The fraction of sp³-hybridized carbons (Fsp3) is 0.448. The van der Waals surface area contributed by atoms with Crippen molar-refractivity contribution >= 4 is 29.1 Å². The van der Waals surface area contributed by atoms with E-state index in [1.54, 1.807) is 12.5 Å². The average molecular weight is 530 g/mol. The number of pyridine rings is 1. The summed E-state index contributed by atoms with van der Waals surface area (Å²) in [5.74, 6) is 1.90. The van der Waals surface area contributed by atoms with Crippen molar-refractivity contribution in [2.45, 2.75) is 51.0 Å². The average Bonchev–Trinajstić information content (AvgIpc) is 3.64. The van der Waals surface area contributed by atoms with E-state index < -0.39 is 6.09 Å². The number of fused-ring (bicyclic) bond motifs is 1. The Balaban J connectivity index is 1.09. The van der Waals surface area contributed by atoms with Crippen LogP contribution in [0, 0.1) is 11.8 Å². The summed E-state index contributed by atoms with van der Waals surface area (Å²) >= 11 is 0. The predicted octanol–water partition coefficient (Wildman–Crippen LogP) is 5.84. The topological polar surface area (TPSA) is 110 Å². The lowest BCUT2D eigenvalue weighted by molar-refractivity contribution is 0.187. The Morgan fingerprint density at radius 2 is 2.05 bits per heavy atom. The number of anilines is 3. The number of carbonyl (C=O) groups excluding carboxylic acids is 1. The minimum atomic E-state index is -0.507. The molecule has 204 valence electrons. The number of nitrogens with one attached hydrogen (secondary N) is 2. The number of benzene rings is 1. The summed E-state index contributed by atoms with van der Waals surface area (Å²) in [6.07, 6.45) is 13.5. The molecule has 0 bridgehead atoms. The third-order valence-electron chi connectivity index (χ3n) is 8.08. The van der Waals surface area contributed by atoms with Gasteiger partial charge in [-0.1, -0.05) is 25.0 Å². The molecular formula is C29H35N7O3. The van der Waals surface area contributed by atoms with Crippen LogP contribution in [0.4, 0.5) is 22.2 Å². The number of hydrogen-bond acceptors (Lipinski definition) is 8.